The van der Waals surface area contributed by atoms with Crippen LogP contribution in [-0.2, 0) is 17.9 Å². The second-order valence-corrected chi connectivity index (χ2v) is 8.48. The number of nitrogens with two attached hydrogens (primary N) is 1. The summed E-state index contributed by atoms with van der Waals surface area (Å²) >= 11 is 0. The molecule has 1 aliphatic rings. The standard InChI is InChI=1S/C25H32N4O/c1-19(30)28-25-12-10-24(11-13-25)18-29(16-22-6-2-20(14-26)3-7-22)17-23-8-4-21(15-27)5-9-23/h2-3,6-7,10-13,21,23H,4-5,8-9,15-18,27H2,1H3,(H,28,30). The second kappa shape index (κ2) is 10.9. The lowest BCUT2D eigenvalue weighted by atomic mass is 9.82. The Kier molecular flexibility index (Phi) is 8.01. The predicted molar refractivity (Wildman–Crippen MR) is 121 cm³/mol. The predicted octanol–water partition coefficient (Wildman–Crippen LogP) is 4.28. The average molecular weight is 405 g/mol. The Morgan fingerprint density at radius 3 is 2.03 bits per heavy atom. The first-order valence-electron chi connectivity index (χ1n) is 10.8. The van der Waals surface area contributed by atoms with Crippen molar-refractivity contribution in [3.8, 4) is 6.07 Å². The number of carbonyl (C=O) groups is 1. The Morgan fingerprint density at radius 1 is 1.00 bits per heavy atom. The fraction of sp³-hybridized carbons (Fsp3) is 0.440. The van der Waals surface area contributed by atoms with Gasteiger partial charge in [0, 0.05) is 32.2 Å². The van der Waals surface area contributed by atoms with E-state index in [4.69, 9.17) is 11.0 Å². The highest BCUT2D eigenvalue weighted by Gasteiger charge is 2.22. The number of anilines is 1. The fourth-order valence-electron chi connectivity index (χ4n) is 4.30. The van der Waals surface area contributed by atoms with E-state index in [1.807, 2.05) is 24.3 Å². The van der Waals surface area contributed by atoms with Gasteiger partial charge in [0.2, 0.25) is 5.91 Å². The molecule has 1 saturated carbocycles. The summed E-state index contributed by atoms with van der Waals surface area (Å²) in [7, 11) is 0. The highest BCUT2D eigenvalue weighted by molar-refractivity contribution is 5.88. The van der Waals surface area contributed by atoms with Crippen LogP contribution in [0, 0.1) is 23.2 Å². The van der Waals surface area contributed by atoms with Crippen LogP contribution in [0.25, 0.3) is 0 Å². The van der Waals surface area contributed by atoms with Crippen molar-refractivity contribution < 1.29 is 4.79 Å². The molecule has 0 aliphatic heterocycles. The maximum Gasteiger partial charge on any atom is 0.221 e. The molecule has 2 aromatic carbocycles. The van der Waals surface area contributed by atoms with Gasteiger partial charge < -0.3 is 11.1 Å². The van der Waals surface area contributed by atoms with E-state index >= 15 is 0 Å². The van der Waals surface area contributed by atoms with Crippen LogP contribution in [0.3, 0.4) is 0 Å². The third-order valence-electron chi connectivity index (χ3n) is 5.99. The molecule has 5 heteroatoms. The Hall–Kier alpha value is -2.68. The van der Waals surface area contributed by atoms with Crippen LogP contribution in [0.4, 0.5) is 5.69 Å². The molecule has 1 fully saturated rings. The first-order chi connectivity index (χ1) is 14.6. The van der Waals surface area contributed by atoms with Crippen molar-refractivity contribution in [3.05, 3.63) is 65.2 Å². The number of benzene rings is 2. The van der Waals surface area contributed by atoms with Gasteiger partial charge >= 0.3 is 0 Å². The Bertz CT molecular complexity index is 846. The van der Waals surface area contributed by atoms with E-state index in [-0.39, 0.29) is 5.91 Å². The largest absolute Gasteiger partial charge is 0.330 e. The minimum absolute atomic E-state index is 0.0572. The molecule has 0 unspecified atom stereocenters. The summed E-state index contributed by atoms with van der Waals surface area (Å²) in [5.41, 5.74) is 9.83. The summed E-state index contributed by atoms with van der Waals surface area (Å²) in [6.07, 6.45) is 4.95. The van der Waals surface area contributed by atoms with Crippen molar-refractivity contribution in [2.45, 2.75) is 45.7 Å². The Morgan fingerprint density at radius 2 is 1.53 bits per heavy atom. The van der Waals surface area contributed by atoms with Gasteiger partial charge in [-0.25, -0.2) is 0 Å². The lowest BCUT2D eigenvalue weighted by molar-refractivity contribution is -0.114. The first kappa shape index (κ1) is 22.0. The summed E-state index contributed by atoms with van der Waals surface area (Å²) < 4.78 is 0. The van der Waals surface area contributed by atoms with Crippen molar-refractivity contribution in [2.75, 3.05) is 18.4 Å². The van der Waals surface area contributed by atoms with Crippen LogP contribution < -0.4 is 11.1 Å². The van der Waals surface area contributed by atoms with Crippen LogP contribution in [0.1, 0.15) is 49.3 Å². The molecule has 0 radical (unpaired) electrons. The van der Waals surface area contributed by atoms with E-state index in [2.05, 4.69) is 40.6 Å². The van der Waals surface area contributed by atoms with Crippen LogP contribution in [0.5, 0.6) is 0 Å². The van der Waals surface area contributed by atoms with Gasteiger partial charge in [-0.1, -0.05) is 24.3 Å². The molecule has 3 N–H and O–H groups in total. The summed E-state index contributed by atoms with van der Waals surface area (Å²) in [5, 5.41) is 11.9. The van der Waals surface area contributed by atoms with Gasteiger partial charge in [0.15, 0.2) is 0 Å². The zero-order chi connectivity index (χ0) is 21.3. The molecular weight excluding hydrogens is 372 g/mol. The summed E-state index contributed by atoms with van der Waals surface area (Å²) in [6.45, 7) is 5.10. The van der Waals surface area contributed by atoms with E-state index in [1.165, 1.54) is 43.7 Å². The lowest BCUT2D eigenvalue weighted by Gasteiger charge is -2.32. The van der Waals surface area contributed by atoms with Gasteiger partial charge in [-0.15, -0.1) is 0 Å². The van der Waals surface area contributed by atoms with Crippen molar-refractivity contribution in [1.82, 2.24) is 4.90 Å². The Balaban J connectivity index is 1.67. The number of nitrogens with one attached hydrogen (secondary N) is 1. The van der Waals surface area contributed by atoms with E-state index in [0.717, 1.165) is 31.9 Å². The van der Waals surface area contributed by atoms with Gasteiger partial charge in [-0.2, -0.15) is 5.26 Å². The molecule has 158 valence electrons. The number of carbonyl (C=O) groups excluding carboxylic acids is 1. The molecule has 2 aromatic rings. The molecule has 3 rings (SSSR count). The van der Waals surface area contributed by atoms with Crippen LogP contribution in [-0.4, -0.2) is 23.9 Å². The molecule has 1 amide bonds. The van der Waals surface area contributed by atoms with Crippen molar-refractivity contribution in [1.29, 1.82) is 5.26 Å². The molecule has 30 heavy (non-hydrogen) atoms. The molecule has 0 bridgehead atoms. The minimum atomic E-state index is -0.0572. The van der Waals surface area contributed by atoms with Gasteiger partial charge in [0.1, 0.15) is 0 Å². The normalized spacial score (nSPS) is 18.7. The zero-order valence-electron chi connectivity index (χ0n) is 17.8. The molecule has 0 atom stereocenters. The molecule has 0 aromatic heterocycles. The molecule has 0 saturated heterocycles. The van der Waals surface area contributed by atoms with Crippen LogP contribution >= 0.6 is 0 Å². The fourth-order valence-corrected chi connectivity index (χ4v) is 4.30. The zero-order valence-corrected chi connectivity index (χ0v) is 17.8. The molecular formula is C25H32N4O. The SMILES string of the molecule is CC(=O)Nc1ccc(CN(Cc2ccc(C#N)cc2)CC2CCC(CN)CC2)cc1. The number of hydrogen-bond donors (Lipinski definition) is 2. The van der Waals surface area contributed by atoms with Gasteiger partial charge in [0.05, 0.1) is 11.6 Å². The van der Waals surface area contributed by atoms with Crippen LogP contribution in [0.2, 0.25) is 0 Å². The average Bonchev–Trinajstić information content (AvgIpc) is 2.76. The maximum absolute atomic E-state index is 11.2. The van der Waals surface area contributed by atoms with E-state index in [0.29, 0.717) is 17.4 Å². The van der Waals surface area contributed by atoms with E-state index in [9.17, 15) is 4.79 Å². The number of amides is 1. The number of hydrogen-bond acceptors (Lipinski definition) is 4. The Labute approximate surface area is 179 Å². The highest BCUT2D eigenvalue weighted by atomic mass is 16.1. The molecule has 0 spiro atoms. The van der Waals surface area contributed by atoms with Gasteiger partial charge in [-0.05, 0) is 79.5 Å². The number of nitriles is 1. The van der Waals surface area contributed by atoms with Gasteiger partial charge in [-0.3, -0.25) is 9.69 Å². The van der Waals surface area contributed by atoms with Gasteiger partial charge in [0.25, 0.3) is 0 Å². The lowest BCUT2D eigenvalue weighted by Crippen LogP contribution is -2.32. The summed E-state index contributed by atoms with van der Waals surface area (Å²) in [5.74, 6) is 1.33. The monoisotopic (exact) mass is 404 g/mol. The first-order valence-corrected chi connectivity index (χ1v) is 10.8. The smallest absolute Gasteiger partial charge is 0.221 e. The molecule has 0 heterocycles. The van der Waals surface area contributed by atoms with Crippen molar-refractivity contribution in [3.63, 3.8) is 0 Å². The molecule has 5 nitrogen and oxygen atoms in total. The number of rotatable bonds is 8. The topological polar surface area (TPSA) is 82.2 Å². The van der Waals surface area contributed by atoms with Crippen molar-refractivity contribution >= 4 is 11.6 Å². The quantitative estimate of drug-likeness (QED) is 0.688. The van der Waals surface area contributed by atoms with E-state index < -0.39 is 0 Å². The highest BCUT2D eigenvalue weighted by Crippen LogP contribution is 2.29. The van der Waals surface area contributed by atoms with Crippen LogP contribution in [0.15, 0.2) is 48.5 Å². The summed E-state index contributed by atoms with van der Waals surface area (Å²) in [4.78, 5) is 13.7. The van der Waals surface area contributed by atoms with Crippen molar-refractivity contribution in [2.24, 2.45) is 17.6 Å². The van der Waals surface area contributed by atoms with E-state index in [1.54, 1.807) is 0 Å². The third-order valence-corrected chi connectivity index (χ3v) is 5.99. The minimum Gasteiger partial charge on any atom is -0.330 e. The second-order valence-electron chi connectivity index (χ2n) is 8.48. The molecule has 1 aliphatic carbocycles. The summed E-state index contributed by atoms with van der Waals surface area (Å²) in [6, 6.07) is 18.2. The third kappa shape index (κ3) is 6.69. The maximum atomic E-state index is 11.2. The number of nitrogens with zero attached hydrogens (tertiary/aromatic N) is 2.